The fraction of sp³-hybridized carbons (Fsp3) is 0.312. The highest BCUT2D eigenvalue weighted by Gasteiger charge is 2.08. The van der Waals surface area contributed by atoms with Gasteiger partial charge in [-0.3, -0.25) is 0 Å². The second-order valence-electron chi connectivity index (χ2n) is 4.30. The predicted octanol–water partition coefficient (Wildman–Crippen LogP) is 4.91. The Kier molecular flexibility index (Phi) is 5.51. The van der Waals surface area contributed by atoms with Crippen LogP contribution in [0.1, 0.15) is 29.2 Å². The van der Waals surface area contributed by atoms with E-state index >= 15 is 0 Å². The first-order valence-corrected chi connectivity index (χ1v) is 8.56. The zero-order valence-electron chi connectivity index (χ0n) is 11.8. The molecule has 0 saturated carbocycles. The van der Waals surface area contributed by atoms with Crippen LogP contribution in [0.4, 0.5) is 5.69 Å². The number of thiophene rings is 1. The van der Waals surface area contributed by atoms with Gasteiger partial charge in [0.15, 0.2) is 0 Å². The summed E-state index contributed by atoms with van der Waals surface area (Å²) in [6.07, 6.45) is 1.08. The number of aryl methyl sites for hydroxylation is 1. The lowest BCUT2D eigenvalue weighted by molar-refractivity contribution is 1.17. The van der Waals surface area contributed by atoms with Crippen molar-refractivity contribution in [2.45, 2.75) is 31.7 Å². The molecule has 1 aromatic heterocycles. The first-order chi connectivity index (χ1) is 9.78. The van der Waals surface area contributed by atoms with Gasteiger partial charge >= 0.3 is 0 Å². The lowest BCUT2D eigenvalue weighted by Gasteiger charge is -2.10. The van der Waals surface area contributed by atoms with E-state index < -0.39 is 0 Å². The maximum Gasteiger partial charge on any atom is 0.102 e. The van der Waals surface area contributed by atoms with Gasteiger partial charge in [-0.2, -0.15) is 5.26 Å². The molecule has 20 heavy (non-hydrogen) atoms. The molecule has 0 spiro atoms. The summed E-state index contributed by atoms with van der Waals surface area (Å²) in [7, 11) is 0. The molecule has 0 aliphatic heterocycles. The van der Waals surface area contributed by atoms with Crippen LogP contribution in [0.5, 0.6) is 0 Å². The molecule has 4 heteroatoms. The molecule has 0 atom stereocenters. The van der Waals surface area contributed by atoms with Crippen molar-refractivity contribution >= 4 is 28.8 Å². The summed E-state index contributed by atoms with van der Waals surface area (Å²) in [5.41, 5.74) is 1.68. The van der Waals surface area contributed by atoms with Crippen molar-refractivity contribution in [3.8, 4) is 6.07 Å². The fourth-order valence-electron chi connectivity index (χ4n) is 1.96. The molecule has 1 aromatic carbocycles. The van der Waals surface area contributed by atoms with E-state index in [9.17, 15) is 5.26 Å². The van der Waals surface area contributed by atoms with E-state index in [4.69, 9.17) is 0 Å². The average Bonchev–Trinajstić information content (AvgIpc) is 2.93. The predicted molar refractivity (Wildman–Crippen MR) is 88.6 cm³/mol. The Balaban J connectivity index is 2.13. The molecule has 2 nitrogen and oxygen atoms in total. The van der Waals surface area contributed by atoms with Crippen molar-refractivity contribution in [3.05, 3.63) is 45.6 Å². The summed E-state index contributed by atoms with van der Waals surface area (Å²) >= 11 is 3.54. The topological polar surface area (TPSA) is 35.8 Å². The SMILES string of the molecule is CCSc1cccc(NCc2ccc(CC)s2)c1C#N. The van der Waals surface area contributed by atoms with Gasteiger partial charge in [0, 0.05) is 21.2 Å². The zero-order valence-corrected chi connectivity index (χ0v) is 13.4. The van der Waals surface area contributed by atoms with Gasteiger partial charge in [-0.25, -0.2) is 0 Å². The molecule has 1 heterocycles. The maximum atomic E-state index is 9.36. The second kappa shape index (κ2) is 7.37. The Morgan fingerprint density at radius 1 is 1.20 bits per heavy atom. The van der Waals surface area contributed by atoms with E-state index in [1.54, 1.807) is 11.8 Å². The molecule has 1 N–H and O–H groups in total. The molecule has 0 saturated heterocycles. The van der Waals surface area contributed by atoms with Gasteiger partial charge in [0.1, 0.15) is 6.07 Å². The van der Waals surface area contributed by atoms with Crippen LogP contribution in [0, 0.1) is 11.3 Å². The summed E-state index contributed by atoms with van der Waals surface area (Å²) in [6, 6.07) is 12.7. The Bertz CT molecular complexity index is 611. The van der Waals surface area contributed by atoms with E-state index in [-0.39, 0.29) is 0 Å². The summed E-state index contributed by atoms with van der Waals surface area (Å²) < 4.78 is 0. The number of hydrogen-bond acceptors (Lipinski definition) is 4. The van der Waals surface area contributed by atoms with Crippen molar-refractivity contribution in [2.24, 2.45) is 0 Å². The Hall–Kier alpha value is -1.44. The molecule has 0 aliphatic rings. The zero-order chi connectivity index (χ0) is 14.4. The third kappa shape index (κ3) is 3.56. The van der Waals surface area contributed by atoms with Crippen molar-refractivity contribution < 1.29 is 0 Å². The molecule has 0 aliphatic carbocycles. The number of anilines is 1. The minimum Gasteiger partial charge on any atom is -0.379 e. The molecule has 0 amide bonds. The number of hydrogen-bond donors (Lipinski definition) is 1. The van der Waals surface area contributed by atoms with Crippen LogP contribution in [0.3, 0.4) is 0 Å². The summed E-state index contributed by atoms with van der Waals surface area (Å²) in [5, 5.41) is 12.8. The molecule has 2 rings (SSSR count). The van der Waals surface area contributed by atoms with Gasteiger partial charge in [-0.15, -0.1) is 23.1 Å². The summed E-state index contributed by atoms with van der Waals surface area (Å²) in [4.78, 5) is 3.76. The summed E-state index contributed by atoms with van der Waals surface area (Å²) in [6.45, 7) is 5.05. The molecule has 2 aromatic rings. The number of nitriles is 1. The standard InChI is InChI=1S/C16H18N2S2/c1-3-12-8-9-13(20-12)11-18-15-6-5-7-16(19-4-2)14(15)10-17/h5-9,18H,3-4,11H2,1-2H3. The van der Waals surface area contributed by atoms with Crippen LogP contribution in [0.2, 0.25) is 0 Å². The molecule has 104 valence electrons. The highest BCUT2D eigenvalue weighted by Crippen LogP contribution is 2.28. The molecule has 0 radical (unpaired) electrons. The molecular formula is C16H18N2S2. The van der Waals surface area contributed by atoms with Crippen LogP contribution in [0.15, 0.2) is 35.2 Å². The third-order valence-corrected chi connectivity index (χ3v) is 5.13. The molecule has 0 bridgehead atoms. The van der Waals surface area contributed by atoms with Gasteiger partial charge in [0.25, 0.3) is 0 Å². The fourth-order valence-corrected chi connectivity index (χ4v) is 3.64. The Morgan fingerprint density at radius 2 is 2.00 bits per heavy atom. The lowest BCUT2D eigenvalue weighted by atomic mass is 10.2. The Labute approximate surface area is 128 Å². The van der Waals surface area contributed by atoms with Crippen LogP contribution in [0.25, 0.3) is 0 Å². The van der Waals surface area contributed by atoms with Crippen molar-refractivity contribution in [2.75, 3.05) is 11.1 Å². The van der Waals surface area contributed by atoms with Gasteiger partial charge in [0.05, 0.1) is 11.3 Å². The number of nitrogens with one attached hydrogen (secondary N) is 1. The van der Waals surface area contributed by atoms with E-state index in [1.807, 2.05) is 29.5 Å². The molecule has 0 fully saturated rings. The van der Waals surface area contributed by atoms with E-state index in [1.165, 1.54) is 9.75 Å². The quantitative estimate of drug-likeness (QED) is 0.770. The van der Waals surface area contributed by atoms with Crippen LogP contribution < -0.4 is 5.32 Å². The Morgan fingerprint density at radius 3 is 2.65 bits per heavy atom. The highest BCUT2D eigenvalue weighted by molar-refractivity contribution is 7.99. The van der Waals surface area contributed by atoms with Crippen LogP contribution in [-0.4, -0.2) is 5.75 Å². The maximum absolute atomic E-state index is 9.36. The monoisotopic (exact) mass is 302 g/mol. The largest absolute Gasteiger partial charge is 0.379 e. The normalized spacial score (nSPS) is 10.2. The summed E-state index contributed by atoms with van der Waals surface area (Å²) in [5.74, 6) is 0.975. The van der Waals surface area contributed by atoms with Gasteiger partial charge in [-0.05, 0) is 36.4 Å². The third-order valence-electron chi connectivity index (χ3n) is 2.96. The minimum atomic E-state index is 0.756. The van der Waals surface area contributed by atoms with Crippen molar-refractivity contribution in [3.63, 3.8) is 0 Å². The minimum absolute atomic E-state index is 0.756. The van der Waals surface area contributed by atoms with Crippen molar-refractivity contribution in [1.82, 2.24) is 0 Å². The lowest BCUT2D eigenvalue weighted by Crippen LogP contribution is -2.00. The smallest absolute Gasteiger partial charge is 0.102 e. The van der Waals surface area contributed by atoms with Gasteiger partial charge in [0.2, 0.25) is 0 Å². The second-order valence-corrected chi connectivity index (χ2v) is 6.86. The van der Waals surface area contributed by atoms with E-state index in [2.05, 4.69) is 37.4 Å². The first-order valence-electron chi connectivity index (χ1n) is 6.75. The first kappa shape index (κ1) is 15.0. The van der Waals surface area contributed by atoms with Crippen LogP contribution >= 0.6 is 23.1 Å². The number of rotatable bonds is 6. The highest BCUT2D eigenvalue weighted by atomic mass is 32.2. The molecular weight excluding hydrogens is 284 g/mol. The average molecular weight is 302 g/mol. The van der Waals surface area contributed by atoms with Gasteiger partial charge < -0.3 is 5.32 Å². The van der Waals surface area contributed by atoms with E-state index in [0.717, 1.165) is 34.9 Å². The number of benzene rings is 1. The number of nitrogens with zero attached hydrogens (tertiary/aromatic N) is 1. The van der Waals surface area contributed by atoms with Crippen LogP contribution in [-0.2, 0) is 13.0 Å². The van der Waals surface area contributed by atoms with E-state index in [0.29, 0.717) is 0 Å². The number of thioether (sulfide) groups is 1. The molecule has 0 unspecified atom stereocenters. The van der Waals surface area contributed by atoms with Gasteiger partial charge in [-0.1, -0.05) is 19.9 Å². The van der Waals surface area contributed by atoms with Crippen molar-refractivity contribution in [1.29, 1.82) is 5.26 Å².